The van der Waals surface area contributed by atoms with E-state index in [1.165, 1.54) is 0 Å². The summed E-state index contributed by atoms with van der Waals surface area (Å²) in [5, 5.41) is 6.16. The van der Waals surface area contributed by atoms with E-state index < -0.39 is 0 Å². The molecule has 1 aromatic carbocycles. The van der Waals surface area contributed by atoms with E-state index >= 15 is 0 Å². The van der Waals surface area contributed by atoms with Gasteiger partial charge in [0.2, 0.25) is 0 Å². The molecule has 0 radical (unpaired) electrons. The minimum atomic E-state index is -0.178. The second-order valence-corrected chi connectivity index (χ2v) is 6.09. The van der Waals surface area contributed by atoms with Gasteiger partial charge in [-0.25, -0.2) is 0 Å². The Bertz CT molecular complexity index is 656. The summed E-state index contributed by atoms with van der Waals surface area (Å²) in [7, 11) is 0. The molecular weight excluding hydrogens is 384 g/mol. The summed E-state index contributed by atoms with van der Waals surface area (Å²) in [6.45, 7) is 2.04. The van der Waals surface area contributed by atoms with Gasteiger partial charge in [-0.3, -0.25) is 4.79 Å². The van der Waals surface area contributed by atoms with Gasteiger partial charge >= 0.3 is 0 Å². The number of ether oxygens (including phenoxy) is 1. The van der Waals surface area contributed by atoms with E-state index in [0.717, 1.165) is 29.7 Å². The molecule has 1 aliphatic heterocycles. The first-order chi connectivity index (χ1) is 10.7. The van der Waals surface area contributed by atoms with Crippen LogP contribution in [-0.4, -0.2) is 25.0 Å². The number of hydrogen-bond acceptors (Lipinski definition) is 4. The Morgan fingerprint density at radius 3 is 3.00 bits per heavy atom. The molecule has 7 heteroatoms. The number of amides is 1. The molecule has 1 aromatic heterocycles. The third kappa shape index (κ3) is 4.99. The van der Waals surface area contributed by atoms with Crippen molar-refractivity contribution in [2.75, 3.05) is 13.1 Å². The largest absolute Gasteiger partial charge is 0.486 e. The van der Waals surface area contributed by atoms with E-state index in [-0.39, 0.29) is 31.0 Å². The van der Waals surface area contributed by atoms with Crippen LogP contribution in [0.2, 0.25) is 0 Å². The van der Waals surface area contributed by atoms with E-state index in [9.17, 15) is 4.79 Å². The van der Waals surface area contributed by atoms with Gasteiger partial charge in [0.1, 0.15) is 18.1 Å². The minimum absolute atomic E-state index is 0. The molecule has 0 bridgehead atoms. The van der Waals surface area contributed by atoms with Crippen LogP contribution >= 0.6 is 28.3 Å². The molecule has 124 valence electrons. The molecule has 2 N–H and O–H groups in total. The standard InChI is InChI=1S/C16H17BrN2O3.ClH/c17-11-2-1-3-13(8-11)21-10-14-4-5-15(22-14)16(20)19-12-6-7-18-9-12;/h1-5,8,12,18H,6-7,9-10H2,(H,19,20);1H. The molecule has 2 heterocycles. The van der Waals surface area contributed by atoms with Crippen molar-refractivity contribution in [3.05, 3.63) is 52.4 Å². The van der Waals surface area contributed by atoms with Gasteiger partial charge in [0.05, 0.1) is 0 Å². The van der Waals surface area contributed by atoms with Crippen molar-refractivity contribution >= 4 is 34.2 Å². The molecule has 1 fully saturated rings. The summed E-state index contributed by atoms with van der Waals surface area (Å²) in [5.41, 5.74) is 0. The van der Waals surface area contributed by atoms with Crippen LogP contribution in [0.5, 0.6) is 5.75 Å². The van der Waals surface area contributed by atoms with Crippen LogP contribution in [0, 0.1) is 0 Å². The number of rotatable bonds is 5. The lowest BCUT2D eigenvalue weighted by atomic mass is 10.2. The fourth-order valence-electron chi connectivity index (χ4n) is 2.32. The minimum Gasteiger partial charge on any atom is -0.486 e. The van der Waals surface area contributed by atoms with E-state index in [1.54, 1.807) is 12.1 Å². The van der Waals surface area contributed by atoms with E-state index in [2.05, 4.69) is 26.6 Å². The topological polar surface area (TPSA) is 63.5 Å². The Kier molecular flexibility index (Phi) is 6.50. The smallest absolute Gasteiger partial charge is 0.287 e. The van der Waals surface area contributed by atoms with Crippen LogP contribution in [0.4, 0.5) is 0 Å². The number of hydrogen-bond donors (Lipinski definition) is 2. The first-order valence-corrected chi connectivity index (χ1v) is 7.99. The van der Waals surface area contributed by atoms with Crippen LogP contribution in [0.1, 0.15) is 22.7 Å². The zero-order valence-corrected chi connectivity index (χ0v) is 14.8. The zero-order valence-electron chi connectivity index (χ0n) is 12.4. The molecule has 1 atom stereocenters. The molecule has 1 aliphatic rings. The maximum Gasteiger partial charge on any atom is 0.287 e. The molecule has 0 spiro atoms. The number of benzene rings is 1. The maximum absolute atomic E-state index is 12.1. The van der Waals surface area contributed by atoms with Crippen LogP contribution < -0.4 is 15.4 Å². The van der Waals surface area contributed by atoms with Gasteiger partial charge in [0.15, 0.2) is 5.76 Å². The third-order valence-electron chi connectivity index (χ3n) is 3.46. The molecule has 0 aliphatic carbocycles. The highest BCUT2D eigenvalue weighted by Crippen LogP contribution is 2.19. The van der Waals surface area contributed by atoms with Crippen LogP contribution in [0.3, 0.4) is 0 Å². The van der Waals surface area contributed by atoms with Crippen molar-refractivity contribution in [2.24, 2.45) is 0 Å². The van der Waals surface area contributed by atoms with E-state index in [1.807, 2.05) is 24.3 Å². The molecule has 1 amide bonds. The monoisotopic (exact) mass is 400 g/mol. The number of halogens is 2. The van der Waals surface area contributed by atoms with Crippen molar-refractivity contribution in [1.82, 2.24) is 10.6 Å². The van der Waals surface area contributed by atoms with Crippen molar-refractivity contribution in [3.8, 4) is 5.75 Å². The van der Waals surface area contributed by atoms with Gasteiger partial charge in [0.25, 0.3) is 5.91 Å². The van der Waals surface area contributed by atoms with Crippen molar-refractivity contribution in [2.45, 2.75) is 19.1 Å². The van der Waals surface area contributed by atoms with Crippen molar-refractivity contribution < 1.29 is 13.9 Å². The molecule has 1 unspecified atom stereocenters. The first kappa shape index (κ1) is 17.8. The quantitative estimate of drug-likeness (QED) is 0.808. The number of nitrogens with one attached hydrogen (secondary N) is 2. The van der Waals surface area contributed by atoms with Crippen LogP contribution in [-0.2, 0) is 6.61 Å². The summed E-state index contributed by atoms with van der Waals surface area (Å²) in [6, 6.07) is 11.2. The Morgan fingerprint density at radius 2 is 2.26 bits per heavy atom. The fraction of sp³-hybridized carbons (Fsp3) is 0.312. The van der Waals surface area contributed by atoms with Gasteiger partial charge in [-0.1, -0.05) is 22.0 Å². The lowest BCUT2D eigenvalue weighted by Gasteiger charge is -2.09. The van der Waals surface area contributed by atoms with E-state index in [0.29, 0.717) is 11.5 Å². The predicted octanol–water partition coefficient (Wildman–Crippen LogP) is 3.13. The average Bonchev–Trinajstić information content (AvgIpc) is 3.16. The van der Waals surface area contributed by atoms with Crippen molar-refractivity contribution in [3.63, 3.8) is 0 Å². The van der Waals surface area contributed by atoms with Crippen LogP contribution in [0.25, 0.3) is 0 Å². The number of furan rings is 1. The molecule has 23 heavy (non-hydrogen) atoms. The normalized spacial score (nSPS) is 16.7. The van der Waals surface area contributed by atoms with Gasteiger partial charge in [-0.2, -0.15) is 0 Å². The molecular formula is C16H18BrClN2O3. The number of carbonyl (C=O) groups excluding carboxylic acids is 1. The molecule has 0 saturated carbocycles. The molecule has 1 saturated heterocycles. The Hall–Kier alpha value is -1.50. The Balaban J connectivity index is 0.00000192. The summed E-state index contributed by atoms with van der Waals surface area (Å²) >= 11 is 3.39. The summed E-state index contributed by atoms with van der Waals surface area (Å²) < 4.78 is 12.1. The highest BCUT2D eigenvalue weighted by atomic mass is 79.9. The zero-order chi connectivity index (χ0) is 15.4. The average molecular weight is 402 g/mol. The molecule has 2 aromatic rings. The predicted molar refractivity (Wildman–Crippen MR) is 93.2 cm³/mol. The van der Waals surface area contributed by atoms with Crippen LogP contribution in [0.15, 0.2) is 45.3 Å². The van der Waals surface area contributed by atoms with Gasteiger partial charge < -0.3 is 19.8 Å². The Morgan fingerprint density at radius 1 is 1.39 bits per heavy atom. The highest BCUT2D eigenvalue weighted by Gasteiger charge is 2.19. The molecule has 3 rings (SSSR count). The SMILES string of the molecule is Cl.O=C(NC1CCNC1)c1ccc(COc2cccc(Br)c2)o1. The number of carbonyl (C=O) groups is 1. The van der Waals surface area contributed by atoms with Crippen molar-refractivity contribution in [1.29, 1.82) is 0 Å². The lowest BCUT2D eigenvalue weighted by molar-refractivity contribution is 0.0908. The third-order valence-corrected chi connectivity index (χ3v) is 3.95. The van der Waals surface area contributed by atoms with E-state index in [4.69, 9.17) is 9.15 Å². The fourth-order valence-corrected chi connectivity index (χ4v) is 2.70. The summed E-state index contributed by atoms with van der Waals surface area (Å²) in [6.07, 6.45) is 0.950. The first-order valence-electron chi connectivity index (χ1n) is 7.19. The summed E-state index contributed by atoms with van der Waals surface area (Å²) in [4.78, 5) is 12.1. The van der Waals surface area contributed by atoms with Gasteiger partial charge in [-0.15, -0.1) is 12.4 Å². The second kappa shape index (κ2) is 8.38. The highest BCUT2D eigenvalue weighted by molar-refractivity contribution is 9.10. The lowest BCUT2D eigenvalue weighted by Crippen LogP contribution is -2.35. The van der Waals surface area contributed by atoms with Gasteiger partial charge in [0, 0.05) is 17.1 Å². The Labute approximate surface area is 149 Å². The summed E-state index contributed by atoms with van der Waals surface area (Å²) in [5.74, 6) is 1.51. The van der Waals surface area contributed by atoms with Gasteiger partial charge in [-0.05, 0) is 43.3 Å². The second-order valence-electron chi connectivity index (χ2n) is 5.18. The molecule has 5 nitrogen and oxygen atoms in total. The maximum atomic E-state index is 12.1.